The molecule has 352 valence electrons. The fraction of sp³-hybridized carbons (Fsp3) is 0.259. The van der Waals surface area contributed by atoms with Crippen LogP contribution < -0.4 is 10.6 Å². The molecule has 15 heteroatoms. The summed E-state index contributed by atoms with van der Waals surface area (Å²) in [4.78, 5) is 69.4. The van der Waals surface area contributed by atoms with E-state index >= 15 is 0 Å². The molecule has 2 aliphatic heterocycles. The molecular formula is C54H50ClN5O7S2. The van der Waals surface area contributed by atoms with Crippen molar-refractivity contribution in [3.63, 3.8) is 0 Å². The zero-order valence-corrected chi connectivity index (χ0v) is 40.6. The third-order valence-corrected chi connectivity index (χ3v) is 14.7. The smallest absolute Gasteiger partial charge is 0.356 e. The number of aromatic nitrogens is 1. The molecule has 2 amide bonds. The number of alkyl halides is 1. The van der Waals surface area contributed by atoms with Crippen molar-refractivity contribution in [2.45, 2.75) is 74.3 Å². The van der Waals surface area contributed by atoms with Crippen LogP contribution in [0.15, 0.2) is 173 Å². The Morgan fingerprint density at radius 3 is 1.81 bits per heavy atom. The number of esters is 2. The lowest BCUT2D eigenvalue weighted by Crippen LogP contribution is -2.71. The Labute approximate surface area is 414 Å². The summed E-state index contributed by atoms with van der Waals surface area (Å²) in [6.07, 6.45) is 0.581. The summed E-state index contributed by atoms with van der Waals surface area (Å²) < 4.78 is 12.0. The number of benzene rings is 5. The molecule has 9 rings (SSSR count). The van der Waals surface area contributed by atoms with E-state index in [4.69, 9.17) is 30.9 Å². The zero-order valence-electron chi connectivity index (χ0n) is 38.2. The molecule has 6 aromatic rings. The highest BCUT2D eigenvalue weighted by molar-refractivity contribution is 8.00. The van der Waals surface area contributed by atoms with E-state index in [9.17, 15) is 19.2 Å². The Bertz CT molecular complexity index is 2740. The van der Waals surface area contributed by atoms with Crippen LogP contribution in [0, 0.1) is 0 Å². The number of nitrogens with one attached hydrogen (secondary N) is 2. The van der Waals surface area contributed by atoms with E-state index in [0.29, 0.717) is 35.7 Å². The minimum absolute atomic E-state index is 0.0138. The molecule has 2 N–H and O–H groups in total. The number of thiazole rings is 1. The molecule has 2 atom stereocenters. The topological polar surface area (TPSA) is 149 Å². The second kappa shape index (κ2) is 20.1. The van der Waals surface area contributed by atoms with Gasteiger partial charge in [-0.3, -0.25) is 14.5 Å². The largest absolute Gasteiger partial charge is 0.457 e. The number of hydrogen-bond donors (Lipinski definition) is 2. The number of ether oxygens (including phenoxy) is 2. The number of fused-ring (bicyclic) bond motifs is 1. The van der Waals surface area contributed by atoms with Gasteiger partial charge in [-0.15, -0.1) is 34.7 Å². The van der Waals surface area contributed by atoms with Crippen LogP contribution in [0.4, 0.5) is 5.13 Å². The summed E-state index contributed by atoms with van der Waals surface area (Å²) in [7, 11) is 0. The first-order valence-electron chi connectivity index (χ1n) is 22.7. The van der Waals surface area contributed by atoms with Gasteiger partial charge in [-0.1, -0.05) is 157 Å². The van der Waals surface area contributed by atoms with Crippen LogP contribution in [0.3, 0.4) is 0 Å². The number of carbonyl (C=O) groups excluding carboxylic acids is 4. The highest BCUT2D eigenvalue weighted by Crippen LogP contribution is 2.44. The lowest BCUT2D eigenvalue weighted by atomic mass is 9.77. The number of amides is 2. The highest BCUT2D eigenvalue weighted by Gasteiger charge is 2.55. The van der Waals surface area contributed by atoms with Crippen LogP contribution >= 0.6 is 34.7 Å². The third kappa shape index (κ3) is 9.66. The summed E-state index contributed by atoms with van der Waals surface area (Å²) in [5.41, 5.74) is 1.66. The van der Waals surface area contributed by atoms with Gasteiger partial charge in [0, 0.05) is 29.9 Å². The molecule has 2 fully saturated rings. The van der Waals surface area contributed by atoms with E-state index in [0.717, 1.165) is 27.8 Å². The Morgan fingerprint density at radius 1 is 0.812 bits per heavy atom. The second-order valence-corrected chi connectivity index (χ2v) is 20.2. The first kappa shape index (κ1) is 47.3. The standard InChI is InChI=1S/C54H50ClN5O7S2/c1-52(2,3)66-50(64)53(30-19-31-53)67-59-42(41-34-69-51(56-41)58-54(38-24-13-6-14-25-38,39-26-15-7-16-27-39)40-28-17-8-18-29-40)46(61)57-43-47(62)60-44(37(32-55)33-68-48(43)60)49(63)65-45(35-20-9-4-10-21-35)36-22-11-5-12-23-36/h4-18,20-29,34,43,45,48H,19,30-33H2,1-3H3,(H,56,58)(H,57,61)/t43?,48-/m0/s1. The number of anilines is 1. The lowest BCUT2D eigenvalue weighted by Gasteiger charge is -2.49. The number of carbonyl (C=O) groups is 4. The van der Waals surface area contributed by atoms with E-state index in [2.05, 4.69) is 15.8 Å². The minimum Gasteiger partial charge on any atom is -0.457 e. The lowest BCUT2D eigenvalue weighted by molar-refractivity contribution is -0.196. The molecule has 1 aliphatic carbocycles. The fourth-order valence-corrected chi connectivity index (χ4v) is 11.1. The van der Waals surface area contributed by atoms with Crippen molar-refractivity contribution in [1.29, 1.82) is 0 Å². The normalized spacial score (nSPS) is 17.8. The fourth-order valence-electron chi connectivity index (χ4n) is 8.65. The monoisotopic (exact) mass is 979 g/mol. The van der Waals surface area contributed by atoms with Crippen molar-refractivity contribution in [3.05, 3.63) is 202 Å². The number of β-lactam (4-membered cyclic amide) rings is 1. The maximum atomic E-state index is 14.7. The first-order valence-corrected chi connectivity index (χ1v) is 25.1. The second-order valence-electron chi connectivity index (χ2n) is 17.9. The third-order valence-electron chi connectivity index (χ3n) is 12.2. The molecule has 5 aromatic carbocycles. The average molecular weight is 981 g/mol. The molecule has 1 unspecified atom stereocenters. The summed E-state index contributed by atoms with van der Waals surface area (Å²) in [6, 6.07) is 47.7. The van der Waals surface area contributed by atoms with Crippen LogP contribution in [0.25, 0.3) is 0 Å². The van der Waals surface area contributed by atoms with Crippen LogP contribution in [0.1, 0.15) is 79.6 Å². The van der Waals surface area contributed by atoms with Gasteiger partial charge >= 0.3 is 11.9 Å². The predicted molar refractivity (Wildman–Crippen MR) is 269 cm³/mol. The van der Waals surface area contributed by atoms with E-state index in [1.54, 1.807) is 26.2 Å². The maximum Gasteiger partial charge on any atom is 0.356 e. The number of oxime groups is 1. The average Bonchev–Trinajstić information content (AvgIpc) is 3.82. The number of hydrogen-bond acceptors (Lipinski definition) is 12. The molecule has 3 heterocycles. The van der Waals surface area contributed by atoms with E-state index < -0.39 is 58.0 Å². The molecular weight excluding hydrogens is 930 g/mol. The molecule has 1 aromatic heterocycles. The SMILES string of the molecule is CC(C)(C)OC(=O)C1(ON=C(C(=O)NC2C(=O)N3C(C(=O)OC(c4ccccc4)c4ccccc4)=C(CCl)CS[C@@H]23)c2csc(NC(c3ccccc3)(c3ccccc3)c3ccccc3)n2)CCC1. The predicted octanol–water partition coefficient (Wildman–Crippen LogP) is 9.76. The van der Waals surface area contributed by atoms with Gasteiger partial charge in [-0.25, -0.2) is 14.6 Å². The quantitative estimate of drug-likeness (QED) is 0.0240. The Morgan fingerprint density at radius 2 is 1.33 bits per heavy atom. The van der Waals surface area contributed by atoms with Crippen molar-refractivity contribution in [1.82, 2.24) is 15.2 Å². The molecule has 69 heavy (non-hydrogen) atoms. The molecule has 0 radical (unpaired) electrons. The van der Waals surface area contributed by atoms with Gasteiger partial charge in [-0.2, -0.15) is 0 Å². The van der Waals surface area contributed by atoms with Crippen molar-refractivity contribution >= 4 is 69.3 Å². The Hall–Kier alpha value is -6.74. The van der Waals surface area contributed by atoms with Gasteiger partial charge in [0.15, 0.2) is 16.9 Å². The van der Waals surface area contributed by atoms with Crippen LogP contribution in [-0.2, 0) is 39.0 Å². The summed E-state index contributed by atoms with van der Waals surface area (Å²) in [5.74, 6) is -2.31. The number of nitrogens with zero attached hydrogens (tertiary/aromatic N) is 3. The van der Waals surface area contributed by atoms with E-state index in [1.165, 1.54) is 28.0 Å². The maximum absolute atomic E-state index is 14.7. The van der Waals surface area contributed by atoms with Gasteiger partial charge in [0.25, 0.3) is 11.8 Å². The van der Waals surface area contributed by atoms with Crippen LogP contribution in [-0.4, -0.2) is 73.6 Å². The number of thioether (sulfide) groups is 1. The van der Waals surface area contributed by atoms with E-state index in [1.807, 2.05) is 152 Å². The van der Waals surface area contributed by atoms with Gasteiger partial charge in [0.1, 0.15) is 33.9 Å². The molecule has 1 saturated heterocycles. The number of rotatable bonds is 16. The van der Waals surface area contributed by atoms with Crippen molar-refractivity contribution in [2.24, 2.45) is 5.16 Å². The summed E-state index contributed by atoms with van der Waals surface area (Å²) in [6.45, 7) is 5.31. The van der Waals surface area contributed by atoms with Gasteiger partial charge < -0.3 is 24.9 Å². The van der Waals surface area contributed by atoms with Crippen LogP contribution in [0.2, 0.25) is 0 Å². The highest BCUT2D eigenvalue weighted by atomic mass is 35.5. The van der Waals surface area contributed by atoms with Gasteiger partial charge in [-0.05, 0) is 60.6 Å². The van der Waals surface area contributed by atoms with Crippen molar-refractivity contribution in [3.8, 4) is 0 Å². The number of halogens is 1. The minimum atomic E-state index is -1.42. The molecule has 12 nitrogen and oxygen atoms in total. The molecule has 0 bridgehead atoms. The Kier molecular flexibility index (Phi) is 13.8. The zero-order chi connectivity index (χ0) is 48.2. The van der Waals surface area contributed by atoms with Gasteiger partial charge in [0.05, 0.1) is 0 Å². The van der Waals surface area contributed by atoms with Crippen LogP contribution in [0.5, 0.6) is 0 Å². The molecule has 0 spiro atoms. The van der Waals surface area contributed by atoms with Gasteiger partial charge in [0.2, 0.25) is 5.60 Å². The summed E-state index contributed by atoms with van der Waals surface area (Å²) in [5, 5.41) is 12.5. The van der Waals surface area contributed by atoms with Crippen molar-refractivity contribution < 1.29 is 33.5 Å². The Balaban J connectivity index is 1.03. The van der Waals surface area contributed by atoms with Crippen molar-refractivity contribution in [2.75, 3.05) is 16.9 Å². The molecule has 1 saturated carbocycles. The first-order chi connectivity index (χ1) is 33.4. The van der Waals surface area contributed by atoms with E-state index in [-0.39, 0.29) is 23.0 Å². The summed E-state index contributed by atoms with van der Waals surface area (Å²) >= 11 is 9.06. The molecule has 3 aliphatic rings.